The maximum absolute atomic E-state index is 12.4. The van der Waals surface area contributed by atoms with Gasteiger partial charge in [0.2, 0.25) is 5.91 Å². The van der Waals surface area contributed by atoms with Crippen molar-refractivity contribution < 1.29 is 15.0 Å². The molecule has 0 spiro atoms. The Hall–Kier alpha value is -2.17. The molecule has 294 valence electrons. The van der Waals surface area contributed by atoms with E-state index < -0.39 is 12.1 Å². The fourth-order valence-corrected chi connectivity index (χ4v) is 6.04. The van der Waals surface area contributed by atoms with Crippen LogP contribution in [0.15, 0.2) is 72.9 Å². The number of hydrogen-bond acceptors (Lipinski definition) is 3. The number of amides is 1. The van der Waals surface area contributed by atoms with Gasteiger partial charge in [0.25, 0.3) is 0 Å². The van der Waals surface area contributed by atoms with Gasteiger partial charge in [-0.05, 0) is 83.5 Å². The van der Waals surface area contributed by atoms with Gasteiger partial charge >= 0.3 is 0 Å². The van der Waals surface area contributed by atoms with E-state index in [0.29, 0.717) is 6.42 Å². The quantitative estimate of drug-likeness (QED) is 0.0441. The summed E-state index contributed by atoms with van der Waals surface area (Å²) >= 11 is 0. The molecule has 51 heavy (non-hydrogen) atoms. The molecule has 0 saturated heterocycles. The van der Waals surface area contributed by atoms with Crippen LogP contribution in [0.3, 0.4) is 0 Å². The minimum atomic E-state index is -0.879. The number of carbonyl (C=O) groups excluding carboxylic acids is 1. The molecule has 1 amide bonds. The third kappa shape index (κ3) is 38.9. The summed E-state index contributed by atoms with van der Waals surface area (Å²) in [6.45, 7) is 4.26. The fourth-order valence-electron chi connectivity index (χ4n) is 6.04. The van der Waals surface area contributed by atoms with Crippen LogP contribution >= 0.6 is 0 Å². The maximum Gasteiger partial charge on any atom is 0.220 e. The Bertz CT molecular complexity index is 899. The summed E-state index contributed by atoms with van der Waals surface area (Å²) < 4.78 is 0. The first-order chi connectivity index (χ1) is 25.2. The lowest BCUT2D eigenvalue weighted by atomic mass is 10.1. The molecule has 0 aliphatic heterocycles. The lowest BCUT2D eigenvalue weighted by molar-refractivity contribution is -0.123. The molecule has 0 bridgehead atoms. The summed E-state index contributed by atoms with van der Waals surface area (Å²) in [7, 11) is 0. The molecular weight excluding hydrogens is 627 g/mol. The number of hydrogen-bond donors (Lipinski definition) is 3. The van der Waals surface area contributed by atoms with E-state index in [9.17, 15) is 15.0 Å². The Labute approximate surface area is 317 Å². The second kappa shape index (κ2) is 42.2. The van der Waals surface area contributed by atoms with E-state index >= 15 is 0 Å². The normalized spacial score (nSPS) is 13.7. The van der Waals surface area contributed by atoms with Crippen LogP contribution in [0.25, 0.3) is 0 Å². The van der Waals surface area contributed by atoms with Gasteiger partial charge in [-0.15, -0.1) is 0 Å². The summed E-state index contributed by atoms with van der Waals surface area (Å²) in [5.74, 6) is -0.0932. The number of rotatable bonds is 38. The van der Waals surface area contributed by atoms with Crippen molar-refractivity contribution in [3.8, 4) is 0 Å². The molecule has 3 N–H and O–H groups in total. The third-order valence-electron chi connectivity index (χ3n) is 9.39. The largest absolute Gasteiger partial charge is 0.394 e. The number of carbonyl (C=O) groups is 1. The number of allylic oxidation sites excluding steroid dienone is 11. The zero-order chi connectivity index (χ0) is 37.1. The van der Waals surface area contributed by atoms with Gasteiger partial charge in [0, 0.05) is 6.42 Å². The van der Waals surface area contributed by atoms with Gasteiger partial charge in [-0.1, -0.05) is 183 Å². The van der Waals surface area contributed by atoms with E-state index in [1.54, 1.807) is 6.08 Å². The smallest absolute Gasteiger partial charge is 0.220 e. The molecule has 0 rings (SSSR count). The van der Waals surface area contributed by atoms with E-state index in [4.69, 9.17) is 0 Å². The monoisotopic (exact) mass is 710 g/mol. The van der Waals surface area contributed by atoms with Crippen LogP contribution in [0.5, 0.6) is 0 Å². The summed E-state index contributed by atoms with van der Waals surface area (Å²) in [5.41, 5.74) is 0. The van der Waals surface area contributed by atoms with Crippen LogP contribution in [0.4, 0.5) is 0 Å². The molecule has 0 aliphatic rings. The SMILES string of the molecule is CCCCCCC/C=C\C/C=C\C/C=C\CCCCCCCCC(=O)NC(CO)C(O)/C=C/CC/C=C/CC/C=C/CCCCCCCCCC. The Kier molecular flexibility index (Phi) is 40.4. The Morgan fingerprint density at radius 3 is 1.27 bits per heavy atom. The summed E-state index contributed by atoms with van der Waals surface area (Å²) in [6, 6.07) is -0.655. The number of unbranched alkanes of at least 4 members (excludes halogenated alkanes) is 21. The van der Waals surface area contributed by atoms with Gasteiger partial charge in [-0.25, -0.2) is 0 Å². The van der Waals surface area contributed by atoms with Crippen LogP contribution in [0.2, 0.25) is 0 Å². The van der Waals surface area contributed by atoms with Gasteiger partial charge < -0.3 is 15.5 Å². The molecule has 0 heterocycles. The molecule has 4 heteroatoms. The topological polar surface area (TPSA) is 69.6 Å². The van der Waals surface area contributed by atoms with Crippen molar-refractivity contribution in [2.24, 2.45) is 0 Å². The van der Waals surface area contributed by atoms with Gasteiger partial charge in [-0.3, -0.25) is 4.79 Å². The van der Waals surface area contributed by atoms with E-state index in [1.165, 1.54) is 116 Å². The molecule has 0 saturated carbocycles. The zero-order valence-corrected chi connectivity index (χ0v) is 33.6. The van der Waals surface area contributed by atoms with Crippen molar-refractivity contribution in [2.75, 3.05) is 6.61 Å². The van der Waals surface area contributed by atoms with Crippen molar-refractivity contribution in [1.82, 2.24) is 5.32 Å². The van der Waals surface area contributed by atoms with Gasteiger partial charge in [0.1, 0.15) is 0 Å². The highest BCUT2D eigenvalue weighted by atomic mass is 16.3. The van der Waals surface area contributed by atoms with Gasteiger partial charge in [0.15, 0.2) is 0 Å². The van der Waals surface area contributed by atoms with Crippen LogP contribution < -0.4 is 5.32 Å². The molecule has 2 unspecified atom stereocenters. The van der Waals surface area contributed by atoms with E-state index in [1.807, 2.05) is 6.08 Å². The van der Waals surface area contributed by atoms with Crippen molar-refractivity contribution in [2.45, 2.75) is 212 Å². The summed E-state index contributed by atoms with van der Waals surface area (Å²) in [4.78, 5) is 12.4. The third-order valence-corrected chi connectivity index (χ3v) is 9.39. The molecule has 0 fully saturated rings. The first-order valence-electron chi connectivity index (χ1n) is 21.7. The zero-order valence-electron chi connectivity index (χ0n) is 33.6. The average Bonchev–Trinajstić information content (AvgIpc) is 3.13. The van der Waals surface area contributed by atoms with E-state index in [-0.39, 0.29) is 12.5 Å². The van der Waals surface area contributed by atoms with Crippen LogP contribution in [-0.4, -0.2) is 34.9 Å². The first-order valence-corrected chi connectivity index (χ1v) is 21.7. The molecule has 2 atom stereocenters. The average molecular weight is 710 g/mol. The Morgan fingerprint density at radius 2 is 0.824 bits per heavy atom. The lowest BCUT2D eigenvalue weighted by Crippen LogP contribution is -2.45. The van der Waals surface area contributed by atoms with E-state index in [0.717, 1.165) is 64.2 Å². The first kappa shape index (κ1) is 48.8. The number of aliphatic hydroxyl groups excluding tert-OH is 2. The van der Waals surface area contributed by atoms with Crippen LogP contribution in [0, 0.1) is 0 Å². The summed E-state index contributed by atoms with van der Waals surface area (Å²) in [6.07, 6.45) is 60.0. The van der Waals surface area contributed by atoms with Crippen molar-refractivity contribution in [3.05, 3.63) is 72.9 Å². The second-order valence-corrected chi connectivity index (χ2v) is 14.4. The van der Waals surface area contributed by atoms with Crippen molar-refractivity contribution in [3.63, 3.8) is 0 Å². The Morgan fingerprint density at radius 1 is 0.471 bits per heavy atom. The minimum Gasteiger partial charge on any atom is -0.394 e. The van der Waals surface area contributed by atoms with Crippen molar-refractivity contribution >= 4 is 5.91 Å². The molecule has 0 aromatic rings. The highest BCUT2D eigenvalue weighted by Gasteiger charge is 2.17. The highest BCUT2D eigenvalue weighted by Crippen LogP contribution is 2.12. The minimum absolute atomic E-state index is 0.0932. The summed E-state index contributed by atoms with van der Waals surface area (Å²) in [5, 5.41) is 23.0. The Balaban J connectivity index is 3.71. The second-order valence-electron chi connectivity index (χ2n) is 14.4. The molecule has 4 nitrogen and oxygen atoms in total. The molecular formula is C47H83NO3. The van der Waals surface area contributed by atoms with Gasteiger partial charge in [-0.2, -0.15) is 0 Å². The predicted molar refractivity (Wildman–Crippen MR) is 225 cm³/mol. The van der Waals surface area contributed by atoms with E-state index in [2.05, 4.69) is 79.9 Å². The van der Waals surface area contributed by atoms with Crippen LogP contribution in [-0.2, 0) is 4.79 Å². The molecule has 0 radical (unpaired) electrons. The lowest BCUT2D eigenvalue weighted by Gasteiger charge is -2.19. The predicted octanol–water partition coefficient (Wildman–Crippen LogP) is 13.5. The van der Waals surface area contributed by atoms with Crippen molar-refractivity contribution in [1.29, 1.82) is 0 Å². The highest BCUT2D eigenvalue weighted by molar-refractivity contribution is 5.76. The number of nitrogens with one attached hydrogen (secondary N) is 1. The standard InChI is InChI=1S/C47H83NO3/c1-3-5-7-9-11-13-15-17-19-21-23-24-25-27-29-31-33-35-37-39-41-43-47(51)48-45(44-49)46(50)42-40-38-36-34-32-30-28-26-22-20-18-16-14-12-10-8-6-4-2/h15,17,21-23,25-27,32,34,40,42,45-46,49-50H,3-14,16,18-20,24,28-31,33,35-39,41,43-44H2,1-2H3,(H,48,51)/b17-15-,23-21-,26-22+,27-25-,34-32+,42-40+. The molecule has 0 aromatic carbocycles. The van der Waals surface area contributed by atoms with Gasteiger partial charge in [0.05, 0.1) is 18.8 Å². The fraction of sp³-hybridized carbons (Fsp3) is 0.723. The number of aliphatic hydroxyl groups is 2. The van der Waals surface area contributed by atoms with Crippen LogP contribution in [0.1, 0.15) is 200 Å². The molecule has 0 aliphatic carbocycles. The molecule has 0 aromatic heterocycles. The maximum atomic E-state index is 12.4.